The first kappa shape index (κ1) is 15.3. The van der Waals surface area contributed by atoms with E-state index >= 15 is 0 Å². The third-order valence-corrected chi connectivity index (χ3v) is 5.56. The summed E-state index contributed by atoms with van der Waals surface area (Å²) in [5, 5.41) is 1.50. The molecule has 1 atom stereocenters. The van der Waals surface area contributed by atoms with Crippen LogP contribution in [0.2, 0.25) is 10.0 Å². The molecule has 1 unspecified atom stereocenters. The van der Waals surface area contributed by atoms with E-state index in [4.69, 9.17) is 32.7 Å². The maximum absolute atomic E-state index is 5.98. The van der Waals surface area contributed by atoms with Gasteiger partial charge in [0.2, 0.25) is 0 Å². The summed E-state index contributed by atoms with van der Waals surface area (Å²) in [5.74, 6) is 0.839. The number of benzene rings is 2. The quantitative estimate of drug-likeness (QED) is 0.672. The molecule has 2 aliphatic rings. The Balaban J connectivity index is 1.43. The Bertz CT molecular complexity index is 686. The van der Waals surface area contributed by atoms with Crippen molar-refractivity contribution < 1.29 is 9.47 Å². The summed E-state index contributed by atoms with van der Waals surface area (Å²) in [4.78, 5) is 0. The first-order chi connectivity index (χ1) is 11.1. The van der Waals surface area contributed by atoms with Gasteiger partial charge in [0.05, 0.1) is 6.61 Å². The van der Waals surface area contributed by atoms with Gasteiger partial charge in [-0.05, 0) is 61.2 Å². The van der Waals surface area contributed by atoms with Gasteiger partial charge < -0.3 is 9.47 Å². The van der Waals surface area contributed by atoms with E-state index in [1.54, 1.807) is 0 Å². The summed E-state index contributed by atoms with van der Waals surface area (Å²) in [6.07, 6.45) is 3.41. The Kier molecular flexibility index (Phi) is 3.79. The third kappa shape index (κ3) is 3.08. The summed E-state index contributed by atoms with van der Waals surface area (Å²) >= 11 is 11.9. The molecule has 1 aliphatic carbocycles. The van der Waals surface area contributed by atoms with E-state index in [-0.39, 0.29) is 11.0 Å². The van der Waals surface area contributed by atoms with E-state index in [1.807, 2.05) is 36.4 Å². The van der Waals surface area contributed by atoms with Crippen molar-refractivity contribution in [3.8, 4) is 5.75 Å². The SMILES string of the molecule is Clc1ccc(CC2(C3(COc4ccc(Cl)cc4)CO3)CC2)cc1. The first-order valence-electron chi connectivity index (χ1n) is 7.88. The van der Waals surface area contributed by atoms with Gasteiger partial charge in [0.1, 0.15) is 18.0 Å². The van der Waals surface area contributed by atoms with E-state index in [1.165, 1.54) is 18.4 Å². The summed E-state index contributed by atoms with van der Waals surface area (Å²) in [6.45, 7) is 1.39. The molecule has 4 rings (SSSR count). The van der Waals surface area contributed by atoms with Crippen LogP contribution in [0.25, 0.3) is 0 Å². The first-order valence-corrected chi connectivity index (χ1v) is 8.63. The summed E-state index contributed by atoms with van der Waals surface area (Å²) < 4.78 is 11.9. The summed E-state index contributed by atoms with van der Waals surface area (Å²) in [5.41, 5.74) is 1.40. The standard InChI is InChI=1S/C19H18Cl2O2/c20-15-3-1-14(2-4-15)11-18(9-10-18)19(13-23-19)12-22-17-7-5-16(21)6-8-17/h1-8H,9-13H2. The molecule has 0 radical (unpaired) electrons. The zero-order valence-corrected chi connectivity index (χ0v) is 14.2. The predicted molar refractivity (Wildman–Crippen MR) is 92.5 cm³/mol. The molecule has 1 aliphatic heterocycles. The second-order valence-corrected chi connectivity index (χ2v) is 7.48. The highest BCUT2D eigenvalue weighted by atomic mass is 35.5. The molecule has 2 fully saturated rings. The Labute approximate surface area is 146 Å². The van der Waals surface area contributed by atoms with Gasteiger partial charge in [-0.25, -0.2) is 0 Å². The van der Waals surface area contributed by atoms with Crippen LogP contribution in [0, 0.1) is 5.41 Å². The second-order valence-electron chi connectivity index (χ2n) is 6.61. The minimum atomic E-state index is -0.133. The van der Waals surface area contributed by atoms with E-state index in [0.29, 0.717) is 6.61 Å². The largest absolute Gasteiger partial charge is 0.490 e. The summed E-state index contributed by atoms with van der Waals surface area (Å²) in [7, 11) is 0. The van der Waals surface area contributed by atoms with Crippen molar-refractivity contribution >= 4 is 23.2 Å². The fraction of sp³-hybridized carbons (Fsp3) is 0.368. The average molecular weight is 349 g/mol. The zero-order chi connectivity index (χ0) is 15.9. The van der Waals surface area contributed by atoms with Crippen molar-refractivity contribution in [2.45, 2.75) is 24.9 Å². The molecule has 2 aromatic rings. The third-order valence-electron chi connectivity index (χ3n) is 5.05. The fourth-order valence-electron chi connectivity index (χ4n) is 3.30. The summed E-state index contributed by atoms with van der Waals surface area (Å²) in [6, 6.07) is 15.6. The van der Waals surface area contributed by atoms with Crippen molar-refractivity contribution in [3.05, 3.63) is 64.1 Å². The van der Waals surface area contributed by atoms with Crippen molar-refractivity contribution in [1.29, 1.82) is 0 Å². The molecule has 0 amide bonds. The molecule has 1 saturated heterocycles. The number of hydrogen-bond acceptors (Lipinski definition) is 2. The van der Waals surface area contributed by atoms with Gasteiger partial charge in [0.25, 0.3) is 0 Å². The average Bonchev–Trinajstić information content (AvgIpc) is 3.45. The normalized spacial score (nSPS) is 24.3. The van der Waals surface area contributed by atoms with Crippen LogP contribution in [0.15, 0.2) is 48.5 Å². The zero-order valence-electron chi connectivity index (χ0n) is 12.7. The van der Waals surface area contributed by atoms with E-state index in [9.17, 15) is 0 Å². The molecule has 0 aromatic heterocycles. The molecular formula is C19H18Cl2O2. The molecule has 0 N–H and O–H groups in total. The van der Waals surface area contributed by atoms with Crippen LogP contribution in [0.5, 0.6) is 5.75 Å². The van der Waals surface area contributed by atoms with Crippen molar-refractivity contribution in [3.63, 3.8) is 0 Å². The molecule has 4 heteroatoms. The smallest absolute Gasteiger partial charge is 0.131 e. The van der Waals surface area contributed by atoms with Crippen LogP contribution in [0.4, 0.5) is 0 Å². The van der Waals surface area contributed by atoms with Gasteiger partial charge in [-0.2, -0.15) is 0 Å². The van der Waals surface area contributed by atoms with Gasteiger partial charge in [-0.3, -0.25) is 0 Å². The predicted octanol–water partition coefficient (Wildman–Crippen LogP) is 5.16. The molecule has 2 aromatic carbocycles. The molecule has 2 nitrogen and oxygen atoms in total. The Morgan fingerprint density at radius 1 is 0.913 bits per heavy atom. The molecule has 23 heavy (non-hydrogen) atoms. The molecule has 0 bridgehead atoms. The minimum Gasteiger partial charge on any atom is -0.490 e. The monoisotopic (exact) mass is 348 g/mol. The lowest BCUT2D eigenvalue weighted by Crippen LogP contribution is -2.34. The van der Waals surface area contributed by atoms with Crippen molar-refractivity contribution in [2.75, 3.05) is 13.2 Å². The minimum absolute atomic E-state index is 0.133. The van der Waals surface area contributed by atoms with E-state index < -0.39 is 0 Å². The van der Waals surface area contributed by atoms with Crippen molar-refractivity contribution in [2.24, 2.45) is 5.41 Å². The number of epoxide rings is 1. The second kappa shape index (κ2) is 5.70. The maximum atomic E-state index is 5.98. The number of hydrogen-bond donors (Lipinski definition) is 0. The van der Waals surface area contributed by atoms with Crippen LogP contribution in [0.1, 0.15) is 18.4 Å². The Hall–Kier alpha value is -1.22. The van der Waals surface area contributed by atoms with Gasteiger partial charge in [0.15, 0.2) is 0 Å². The topological polar surface area (TPSA) is 21.8 Å². The maximum Gasteiger partial charge on any atom is 0.131 e. The molecule has 0 spiro atoms. The number of ether oxygens (including phenoxy) is 2. The molecular weight excluding hydrogens is 331 g/mol. The molecule has 1 heterocycles. The molecule has 120 valence electrons. The Morgan fingerprint density at radius 2 is 1.48 bits per heavy atom. The highest BCUT2D eigenvalue weighted by Gasteiger charge is 2.67. The van der Waals surface area contributed by atoms with Gasteiger partial charge in [-0.15, -0.1) is 0 Å². The lowest BCUT2D eigenvalue weighted by molar-refractivity contribution is 0.121. The lowest BCUT2D eigenvalue weighted by Gasteiger charge is -2.24. The fourth-order valence-corrected chi connectivity index (χ4v) is 3.55. The van der Waals surface area contributed by atoms with Gasteiger partial charge in [0, 0.05) is 15.5 Å². The highest BCUT2D eigenvalue weighted by Crippen LogP contribution is 2.62. The van der Waals surface area contributed by atoms with Crippen LogP contribution < -0.4 is 4.74 Å². The number of rotatable bonds is 6. The lowest BCUT2D eigenvalue weighted by atomic mass is 9.84. The van der Waals surface area contributed by atoms with E-state index in [0.717, 1.165) is 28.8 Å². The van der Waals surface area contributed by atoms with Crippen LogP contribution in [-0.4, -0.2) is 18.8 Å². The molecule has 1 saturated carbocycles. The van der Waals surface area contributed by atoms with Crippen molar-refractivity contribution in [1.82, 2.24) is 0 Å². The van der Waals surface area contributed by atoms with E-state index in [2.05, 4.69) is 12.1 Å². The van der Waals surface area contributed by atoms with Crippen LogP contribution in [0.3, 0.4) is 0 Å². The van der Waals surface area contributed by atoms with Gasteiger partial charge in [-0.1, -0.05) is 35.3 Å². The highest BCUT2D eigenvalue weighted by molar-refractivity contribution is 6.30. The van der Waals surface area contributed by atoms with Crippen LogP contribution >= 0.6 is 23.2 Å². The number of halogens is 2. The Morgan fingerprint density at radius 3 is 2.00 bits per heavy atom. The van der Waals surface area contributed by atoms with Crippen LogP contribution in [-0.2, 0) is 11.2 Å². The van der Waals surface area contributed by atoms with Gasteiger partial charge >= 0.3 is 0 Å².